The van der Waals surface area contributed by atoms with Crippen LogP contribution in [0.3, 0.4) is 0 Å². The summed E-state index contributed by atoms with van der Waals surface area (Å²) in [5.41, 5.74) is 13.7. The van der Waals surface area contributed by atoms with Crippen molar-refractivity contribution in [3.05, 3.63) is 168 Å². The second-order valence-electron chi connectivity index (χ2n) is 11.9. The summed E-state index contributed by atoms with van der Waals surface area (Å²) in [6.07, 6.45) is 0. The third kappa shape index (κ3) is 3.56. The Kier molecular flexibility index (Phi) is 5.42. The van der Waals surface area contributed by atoms with E-state index in [9.17, 15) is 0 Å². The smallest absolute Gasteiger partial charge is 0.0894 e. The Balaban J connectivity index is 1.32. The maximum Gasteiger partial charge on any atom is 0.496 e. The molecule has 9 rings (SSSR count). The molecule has 1 aliphatic carbocycles. The van der Waals surface area contributed by atoms with Crippen LogP contribution in [0.5, 0.6) is 0 Å². The molecule has 0 unspecified atom stereocenters. The van der Waals surface area contributed by atoms with E-state index >= 15 is 0 Å². The van der Waals surface area contributed by atoms with Gasteiger partial charge in [-0.2, -0.15) is 0 Å². The summed E-state index contributed by atoms with van der Waals surface area (Å²) in [7, 11) is 4.11. The molecule has 0 fully saturated rings. The van der Waals surface area contributed by atoms with Gasteiger partial charge in [0.2, 0.25) is 11.4 Å². The van der Waals surface area contributed by atoms with Crippen molar-refractivity contribution in [1.82, 2.24) is 9.15 Å². The van der Waals surface area contributed by atoms with Crippen molar-refractivity contribution < 1.29 is 9.15 Å². The van der Waals surface area contributed by atoms with Gasteiger partial charge >= 0.3 is 12.0 Å². The highest BCUT2D eigenvalue weighted by Crippen LogP contribution is 2.56. The zero-order chi connectivity index (χ0) is 30.1. The lowest BCUT2D eigenvalue weighted by atomic mass is 9.67. The molecule has 210 valence electrons. The van der Waals surface area contributed by atoms with Gasteiger partial charge in [0.15, 0.2) is 14.1 Å². The van der Waals surface area contributed by atoms with Crippen LogP contribution in [-0.4, -0.2) is 35.3 Å². The van der Waals surface area contributed by atoms with Gasteiger partial charge in [0, 0.05) is 48.5 Å². The molecule has 0 saturated heterocycles. The van der Waals surface area contributed by atoms with Crippen molar-refractivity contribution in [3.63, 3.8) is 0 Å². The van der Waals surface area contributed by atoms with E-state index in [4.69, 9.17) is 0 Å². The van der Waals surface area contributed by atoms with Gasteiger partial charge in [0.1, 0.15) is 0 Å². The van der Waals surface area contributed by atoms with E-state index in [0.717, 1.165) is 34.1 Å². The summed E-state index contributed by atoms with van der Waals surface area (Å²) in [5, 5.41) is 0. The van der Waals surface area contributed by atoms with E-state index in [0.29, 0.717) is 0 Å². The molecule has 0 bridgehead atoms. The van der Waals surface area contributed by atoms with Crippen LogP contribution in [0.25, 0.3) is 11.1 Å². The lowest BCUT2D eigenvalue weighted by molar-refractivity contribution is -0.394. The summed E-state index contributed by atoms with van der Waals surface area (Å²) in [5.74, 6) is 0. The molecule has 0 amide bonds. The van der Waals surface area contributed by atoms with Crippen LogP contribution in [0.4, 0.5) is 34.1 Å². The van der Waals surface area contributed by atoms with Gasteiger partial charge in [-0.1, -0.05) is 106 Å². The Morgan fingerprint density at radius 3 is 1.29 bits per heavy atom. The topological polar surface area (TPSA) is 12.0 Å². The molecular weight excluding hydrogens is 548 g/mol. The van der Waals surface area contributed by atoms with Crippen LogP contribution in [0.15, 0.2) is 146 Å². The Morgan fingerprint density at radius 2 is 0.822 bits per heavy atom. The fourth-order valence-corrected chi connectivity index (χ4v) is 7.56. The predicted octanol–water partition coefficient (Wildman–Crippen LogP) is 8.64. The van der Waals surface area contributed by atoms with Gasteiger partial charge in [-0.25, -0.2) is 0 Å². The number of fused-ring (bicyclic) bond motifs is 5. The van der Waals surface area contributed by atoms with Crippen molar-refractivity contribution in [1.29, 1.82) is 0 Å². The predicted molar refractivity (Wildman–Crippen MR) is 181 cm³/mol. The van der Waals surface area contributed by atoms with Crippen LogP contribution in [0.1, 0.15) is 22.3 Å². The second kappa shape index (κ2) is 9.54. The van der Waals surface area contributed by atoms with Gasteiger partial charge in [-0.3, -0.25) is 0 Å². The number of benzene rings is 6. The SMILES string of the molecule is C[N+]1=C=[N+](c2cccc(C3(c4cccc([N+]5=C=[N+](C)c6ccccc65)c4)c4ccccc4-c4ccccc43)c2)c2ccccc21. The van der Waals surface area contributed by atoms with Crippen LogP contribution in [0, 0.1) is 0 Å². The van der Waals surface area contributed by atoms with Crippen LogP contribution in [0.2, 0.25) is 0 Å². The van der Waals surface area contributed by atoms with Crippen LogP contribution in [-0.2, 0) is 5.41 Å². The minimum absolute atomic E-state index is 0.532. The molecule has 0 radical (unpaired) electrons. The molecule has 4 nitrogen and oxygen atoms in total. The first-order valence-corrected chi connectivity index (χ1v) is 15.3. The fourth-order valence-electron chi connectivity index (χ4n) is 7.56. The van der Waals surface area contributed by atoms with Crippen molar-refractivity contribution in [2.45, 2.75) is 5.41 Å². The maximum absolute atomic E-state index is 3.55. The van der Waals surface area contributed by atoms with E-state index in [1.165, 1.54) is 33.4 Å². The molecule has 0 spiro atoms. The van der Waals surface area contributed by atoms with E-state index < -0.39 is 5.41 Å². The number of rotatable bonds is 4. The highest BCUT2D eigenvalue weighted by atomic mass is 15.2. The molecule has 2 heterocycles. The number of hydrogen-bond donors (Lipinski definition) is 0. The average Bonchev–Trinajstić information content (AvgIpc) is 3.73. The van der Waals surface area contributed by atoms with Crippen molar-refractivity contribution in [2.24, 2.45) is 0 Å². The molecular formula is C41H30N4+4. The van der Waals surface area contributed by atoms with Gasteiger partial charge in [-0.15, -0.1) is 0 Å². The fraction of sp³-hybridized carbons (Fsp3) is 0.0732. The van der Waals surface area contributed by atoms with Gasteiger partial charge in [0.05, 0.1) is 5.41 Å². The highest BCUT2D eigenvalue weighted by molar-refractivity contribution is 5.87. The third-order valence-electron chi connectivity index (χ3n) is 9.50. The van der Waals surface area contributed by atoms with E-state index in [2.05, 4.69) is 190 Å². The zero-order valence-corrected chi connectivity index (χ0v) is 25.1. The summed E-state index contributed by atoms with van der Waals surface area (Å²) >= 11 is 0. The Labute approximate surface area is 262 Å². The first-order chi connectivity index (χ1) is 22.1. The van der Waals surface area contributed by atoms with Crippen molar-refractivity contribution in [2.75, 3.05) is 14.1 Å². The summed E-state index contributed by atoms with van der Waals surface area (Å²) in [6, 6.07) is 59.9. The first-order valence-electron chi connectivity index (χ1n) is 15.3. The molecule has 6 aromatic rings. The average molecular weight is 579 g/mol. The second-order valence-corrected chi connectivity index (χ2v) is 11.9. The number of hydrogen-bond acceptors (Lipinski definition) is 0. The molecule has 0 aromatic heterocycles. The Hall–Kier alpha value is -5.92. The van der Waals surface area contributed by atoms with Gasteiger partial charge in [-0.05, 0) is 42.5 Å². The lowest BCUT2D eigenvalue weighted by Gasteiger charge is -2.33. The van der Waals surface area contributed by atoms with E-state index in [-0.39, 0.29) is 0 Å². The van der Waals surface area contributed by atoms with Crippen LogP contribution < -0.4 is 9.15 Å². The summed E-state index contributed by atoms with van der Waals surface area (Å²) in [4.78, 5) is 0. The quantitative estimate of drug-likeness (QED) is 0.185. The first kappa shape index (κ1) is 25.6. The summed E-state index contributed by atoms with van der Waals surface area (Å²) < 4.78 is 8.49. The maximum atomic E-state index is 3.55. The van der Waals surface area contributed by atoms with Gasteiger partial charge < -0.3 is 0 Å². The largest absolute Gasteiger partial charge is 0.496 e. The van der Waals surface area contributed by atoms with E-state index in [1.54, 1.807) is 0 Å². The zero-order valence-electron chi connectivity index (χ0n) is 25.1. The Morgan fingerprint density at radius 1 is 0.422 bits per heavy atom. The third-order valence-corrected chi connectivity index (χ3v) is 9.50. The monoisotopic (exact) mass is 578 g/mol. The minimum atomic E-state index is -0.532. The molecule has 0 saturated carbocycles. The Bertz CT molecular complexity index is 2210. The molecule has 0 atom stereocenters. The lowest BCUT2D eigenvalue weighted by Crippen LogP contribution is -2.29. The molecule has 0 N–H and O–H groups in total. The summed E-state index contributed by atoms with van der Waals surface area (Å²) in [6.45, 7) is 0. The van der Waals surface area contributed by atoms with Gasteiger partial charge in [0.25, 0.3) is 22.7 Å². The van der Waals surface area contributed by atoms with Crippen LogP contribution >= 0.6 is 0 Å². The highest BCUT2D eigenvalue weighted by Gasteiger charge is 2.47. The number of nitrogens with zero attached hydrogens (tertiary/aromatic N) is 4. The minimum Gasteiger partial charge on any atom is -0.0894 e. The molecule has 3 aliphatic rings. The molecule has 4 heteroatoms. The van der Waals surface area contributed by atoms with Crippen molar-refractivity contribution >= 4 is 46.1 Å². The molecule has 45 heavy (non-hydrogen) atoms. The standard InChI is InChI=1S/C41H30N4/c1-42-27-44(39-23-9-7-21-37(39)42)31-15-11-13-29(25-31)41(35-19-5-3-17-33(35)34-18-4-6-20-36(34)41)30-14-12-16-32(26-30)45-28-43(2)38-22-8-10-24-40(38)45/h3-26H,1-2H3/q+4. The molecule has 6 aromatic carbocycles. The number of para-hydroxylation sites is 4. The van der Waals surface area contributed by atoms with Crippen molar-refractivity contribution in [3.8, 4) is 11.1 Å². The van der Waals surface area contributed by atoms with E-state index in [1.807, 2.05) is 0 Å². The molecule has 2 aliphatic heterocycles. The normalized spacial score (nSPS) is 14.9.